The van der Waals surface area contributed by atoms with Crippen LogP contribution >= 0.6 is 0 Å². The molecule has 2 saturated heterocycles. The van der Waals surface area contributed by atoms with Crippen LogP contribution in [0.25, 0.3) is 0 Å². The van der Waals surface area contributed by atoms with E-state index >= 15 is 0 Å². The summed E-state index contributed by atoms with van der Waals surface area (Å²) in [5.41, 5.74) is 1.87. The molecule has 6 atom stereocenters. The molecule has 3 fully saturated rings. The van der Waals surface area contributed by atoms with Gasteiger partial charge in [0.25, 0.3) is 23.6 Å². The van der Waals surface area contributed by atoms with Gasteiger partial charge >= 0.3 is 6.09 Å². The van der Waals surface area contributed by atoms with Gasteiger partial charge in [0.2, 0.25) is 29.5 Å². The fourth-order valence-electron chi connectivity index (χ4n) is 11.5. The SMILES string of the molecule is CCC1C[C@H]2C=Nc3cc(OCCCCCO/C=C/C4=C(/C=C/OC)C(=O)N5CC6(CC6)C[C@H]5C(O)N4C(=O)OCc4ccc(NC(=O)[C@H](C)NC(=O)[C@@H](NC(=O)CNC(=O)CNC(=O)CCCCCN5C(=O)C=CC5=O)C(C)C)cc4)c(OC)cc3C(=O)N2C1. The van der Waals surface area contributed by atoms with E-state index in [4.69, 9.17) is 23.7 Å². The fraction of sp³-hybridized carbons (Fsp3) is 0.523. The number of hydrogen-bond acceptors (Lipinski definition) is 17. The normalized spacial score (nSPS) is 20.3. The molecule has 1 aliphatic carbocycles. The monoisotopic (exact) mass is 1260 g/mol. The largest absolute Gasteiger partial charge is 0.504 e. The Hall–Kier alpha value is -9.07. The molecule has 490 valence electrons. The molecular formula is C65H84N10O16. The molecule has 91 heavy (non-hydrogen) atoms. The second kappa shape index (κ2) is 31.6. The van der Waals surface area contributed by atoms with E-state index in [1.807, 2.05) is 11.1 Å². The van der Waals surface area contributed by atoms with E-state index in [2.05, 4.69) is 38.5 Å². The summed E-state index contributed by atoms with van der Waals surface area (Å²) in [7, 11) is 2.96. The first-order chi connectivity index (χ1) is 43.7. The van der Waals surface area contributed by atoms with E-state index in [1.54, 1.807) is 55.1 Å². The number of nitrogens with one attached hydrogen (secondary N) is 5. The van der Waals surface area contributed by atoms with Gasteiger partial charge in [-0.1, -0.05) is 45.7 Å². The van der Waals surface area contributed by atoms with Gasteiger partial charge < -0.3 is 65.2 Å². The number of allylic oxidation sites excluding steroid dienone is 1. The number of imide groups is 1. The van der Waals surface area contributed by atoms with Gasteiger partial charge in [0.05, 0.1) is 87.7 Å². The Kier molecular flexibility index (Phi) is 23.6. The van der Waals surface area contributed by atoms with Crippen molar-refractivity contribution in [3.8, 4) is 11.5 Å². The maximum atomic E-state index is 14.4. The summed E-state index contributed by atoms with van der Waals surface area (Å²) < 4.78 is 28.8. The molecule has 2 aromatic carbocycles. The van der Waals surface area contributed by atoms with Crippen LogP contribution in [0.2, 0.25) is 0 Å². The number of carbonyl (C=O) groups excluding carboxylic acids is 10. The molecule has 2 aromatic rings. The molecule has 2 unspecified atom stereocenters. The molecule has 0 bridgehead atoms. The smallest absolute Gasteiger partial charge is 0.416 e. The molecule has 8 rings (SSSR count). The van der Waals surface area contributed by atoms with Crippen molar-refractivity contribution in [2.75, 3.05) is 65.5 Å². The van der Waals surface area contributed by atoms with Crippen LogP contribution in [0.5, 0.6) is 11.5 Å². The molecule has 1 spiro atoms. The van der Waals surface area contributed by atoms with Crippen molar-refractivity contribution in [1.82, 2.24) is 40.9 Å². The summed E-state index contributed by atoms with van der Waals surface area (Å²) in [5.74, 6) is -3.17. The van der Waals surface area contributed by atoms with Crippen molar-refractivity contribution >= 4 is 76.8 Å². The number of aliphatic imine (C=N–C) groups is 1. The minimum Gasteiger partial charge on any atom is -0.504 e. The minimum atomic E-state index is -1.49. The number of aliphatic hydroxyl groups excluding tert-OH is 1. The Bertz CT molecular complexity index is 3190. The maximum absolute atomic E-state index is 14.4. The van der Waals surface area contributed by atoms with Gasteiger partial charge in [0.15, 0.2) is 17.7 Å². The van der Waals surface area contributed by atoms with Crippen molar-refractivity contribution in [3.05, 3.63) is 95.6 Å². The Morgan fingerprint density at radius 2 is 1.51 bits per heavy atom. The zero-order valence-electron chi connectivity index (χ0n) is 52.5. The van der Waals surface area contributed by atoms with Gasteiger partial charge in [-0.3, -0.25) is 53.0 Å². The molecule has 5 heterocycles. The zero-order valence-corrected chi connectivity index (χ0v) is 52.5. The van der Waals surface area contributed by atoms with E-state index in [0.717, 1.165) is 41.9 Å². The molecule has 1 saturated carbocycles. The molecule has 0 aromatic heterocycles. The second-order valence-corrected chi connectivity index (χ2v) is 24.0. The van der Waals surface area contributed by atoms with E-state index in [-0.39, 0.29) is 79.1 Å². The molecule has 10 amide bonds. The van der Waals surface area contributed by atoms with Crippen molar-refractivity contribution in [2.45, 2.75) is 142 Å². The molecule has 26 heteroatoms. The minimum absolute atomic E-state index is 0.0358. The average Bonchev–Trinajstić information content (AvgIpc) is 1.58. The van der Waals surface area contributed by atoms with Crippen LogP contribution in [0, 0.1) is 17.3 Å². The van der Waals surface area contributed by atoms with Gasteiger partial charge in [0.1, 0.15) is 18.7 Å². The topological polar surface area (TPSA) is 323 Å². The number of nitrogens with zero attached hydrogens (tertiary/aromatic N) is 5. The number of benzene rings is 2. The van der Waals surface area contributed by atoms with E-state index < -0.39 is 72.4 Å². The van der Waals surface area contributed by atoms with Crippen LogP contribution in [-0.4, -0.2) is 181 Å². The summed E-state index contributed by atoms with van der Waals surface area (Å²) in [6, 6.07) is 6.92. The van der Waals surface area contributed by atoms with Gasteiger partial charge in [0, 0.05) is 56.2 Å². The molecule has 0 radical (unpaired) electrons. The summed E-state index contributed by atoms with van der Waals surface area (Å²) in [6.45, 7) is 7.86. The number of unbranched alkanes of at least 4 members (excludes halogenated alkanes) is 4. The summed E-state index contributed by atoms with van der Waals surface area (Å²) >= 11 is 0. The highest BCUT2D eigenvalue weighted by Gasteiger charge is 2.58. The Balaban J connectivity index is 0.788. The first kappa shape index (κ1) is 67.9. The van der Waals surface area contributed by atoms with Gasteiger partial charge in [-0.15, -0.1) is 0 Å². The first-order valence-corrected chi connectivity index (χ1v) is 31.2. The maximum Gasteiger partial charge on any atom is 0.416 e. The zero-order chi connectivity index (χ0) is 65.4. The lowest BCUT2D eigenvalue weighted by atomic mass is 10.0. The van der Waals surface area contributed by atoms with Crippen molar-refractivity contribution in [2.24, 2.45) is 22.2 Å². The Morgan fingerprint density at radius 1 is 0.791 bits per heavy atom. The first-order valence-electron chi connectivity index (χ1n) is 31.2. The highest BCUT2D eigenvalue weighted by atomic mass is 16.6. The average molecular weight is 1260 g/mol. The lowest BCUT2D eigenvalue weighted by molar-refractivity contribution is -0.137. The van der Waals surface area contributed by atoms with E-state index in [1.165, 1.54) is 58.0 Å². The van der Waals surface area contributed by atoms with Gasteiger partial charge in [-0.05, 0) is 118 Å². The van der Waals surface area contributed by atoms with Gasteiger partial charge in [-0.25, -0.2) is 9.69 Å². The number of aliphatic hydroxyl groups is 1. The molecule has 6 aliphatic rings. The number of ether oxygens (including phenoxy) is 5. The molecule has 6 N–H and O–H groups in total. The Morgan fingerprint density at radius 3 is 2.21 bits per heavy atom. The van der Waals surface area contributed by atoms with Crippen LogP contribution in [0.1, 0.15) is 121 Å². The van der Waals surface area contributed by atoms with Crippen molar-refractivity contribution < 1.29 is 76.7 Å². The summed E-state index contributed by atoms with van der Waals surface area (Å²) in [6.07, 6.45) is 15.3. The number of carbonyl (C=O) groups is 10. The van der Waals surface area contributed by atoms with Crippen LogP contribution in [0.15, 0.2) is 89.5 Å². The van der Waals surface area contributed by atoms with Crippen LogP contribution < -0.4 is 36.1 Å². The quantitative estimate of drug-likeness (QED) is 0.0336. The highest BCUT2D eigenvalue weighted by molar-refractivity contribution is 6.13. The van der Waals surface area contributed by atoms with Crippen molar-refractivity contribution in [1.29, 1.82) is 0 Å². The Labute approximate surface area is 529 Å². The summed E-state index contributed by atoms with van der Waals surface area (Å²) in [4.78, 5) is 140. The molecule has 5 aliphatic heterocycles. The third kappa shape index (κ3) is 17.7. The number of methoxy groups -OCH3 is 2. The number of hydrogen-bond donors (Lipinski definition) is 6. The molecule has 26 nitrogen and oxygen atoms in total. The summed E-state index contributed by atoms with van der Waals surface area (Å²) in [5, 5.41) is 24.9. The molecular weight excluding hydrogens is 1180 g/mol. The predicted molar refractivity (Wildman–Crippen MR) is 332 cm³/mol. The van der Waals surface area contributed by atoms with Crippen LogP contribution in [0.4, 0.5) is 16.2 Å². The number of anilines is 1. The van der Waals surface area contributed by atoms with E-state index in [0.29, 0.717) is 98.1 Å². The number of fused-ring (bicyclic) bond motifs is 3. The van der Waals surface area contributed by atoms with Crippen LogP contribution in [-0.2, 0) is 59.2 Å². The predicted octanol–water partition coefficient (Wildman–Crippen LogP) is 4.80. The number of amides is 10. The van der Waals surface area contributed by atoms with Crippen LogP contribution in [0.3, 0.4) is 0 Å². The lowest BCUT2D eigenvalue weighted by Gasteiger charge is -2.32. The third-order valence-electron chi connectivity index (χ3n) is 17.0. The number of rotatable bonds is 31. The lowest BCUT2D eigenvalue weighted by Crippen LogP contribution is -2.55. The van der Waals surface area contributed by atoms with E-state index in [9.17, 15) is 53.1 Å². The van der Waals surface area contributed by atoms with Crippen molar-refractivity contribution in [3.63, 3.8) is 0 Å². The third-order valence-corrected chi connectivity index (χ3v) is 17.0. The van der Waals surface area contributed by atoms with Gasteiger partial charge in [-0.2, -0.15) is 0 Å². The second-order valence-electron chi connectivity index (χ2n) is 24.0. The highest BCUT2D eigenvalue weighted by Crippen LogP contribution is 2.56. The fourth-order valence-corrected chi connectivity index (χ4v) is 11.5. The standard InChI is InChI=1S/C65H84N10O16/c1-7-42-30-45-34-66-48-32-52(51(88-6)31-47(48)62(84)73(45)37-42)90-27-13-9-12-26-89-29-22-49-46(21-28-87-5)61(83)74-39-65(23-24-65)33-50(74)63(85)75(49)64(86)91-38-43-15-17-44(18-16-43)70-59(81)41(4)69-60(82)58(40(2)3)71-55(78)36-68-54(77)35-67-53(76)14-10-8-11-25-72-56(79)19-20-57(72)80/h15-22,28-29,31-32,34,40-42,45,50,58,63,85H,7-14,23-27,30,33,35-39H2,1-6H3,(H,67,76)(H,68,77)(H,69,82)(H,70,81)(H,71,78)/b28-21+,29-22+/t41-,42?,45-,50-,58-,63?/m0/s1.